The molecule has 1 N–H and O–H groups in total. The van der Waals surface area contributed by atoms with Crippen LogP contribution in [0, 0.1) is 5.41 Å². The van der Waals surface area contributed by atoms with Gasteiger partial charge in [-0.2, -0.15) is 0 Å². The summed E-state index contributed by atoms with van der Waals surface area (Å²) in [5.74, 6) is -0.708. The molecular weight excluding hydrogens is 190 g/mol. The monoisotopic (exact) mass is 213 g/mol. The molecule has 1 saturated carbocycles. The van der Waals surface area contributed by atoms with Gasteiger partial charge in [-0.25, -0.2) is 0 Å². The van der Waals surface area contributed by atoms with Crippen molar-refractivity contribution in [2.24, 2.45) is 5.41 Å². The molecule has 1 unspecified atom stereocenters. The van der Waals surface area contributed by atoms with E-state index < -0.39 is 5.97 Å². The summed E-state index contributed by atoms with van der Waals surface area (Å²) in [6.07, 6.45) is 4.79. The second-order valence-corrected chi connectivity index (χ2v) is 5.37. The van der Waals surface area contributed by atoms with Gasteiger partial charge in [0, 0.05) is 6.04 Å². The Bertz CT molecular complexity index is 226. The molecule has 0 aromatic rings. The third kappa shape index (κ3) is 3.82. The summed E-state index contributed by atoms with van der Waals surface area (Å²) in [5, 5.41) is 8.83. The van der Waals surface area contributed by atoms with Gasteiger partial charge in [0.2, 0.25) is 0 Å². The average Bonchev–Trinajstić information content (AvgIpc) is 2.12. The molecule has 88 valence electrons. The zero-order valence-electron chi connectivity index (χ0n) is 10.1. The summed E-state index contributed by atoms with van der Waals surface area (Å²) in [7, 11) is 0. The number of nitrogens with zero attached hydrogens (tertiary/aromatic N) is 1. The summed E-state index contributed by atoms with van der Waals surface area (Å²) >= 11 is 0. The number of carboxylic acids is 1. The maximum absolute atomic E-state index is 10.7. The second kappa shape index (κ2) is 4.97. The Hall–Kier alpha value is -0.570. The number of hydrogen-bond acceptors (Lipinski definition) is 2. The molecule has 0 aliphatic heterocycles. The fourth-order valence-corrected chi connectivity index (χ4v) is 2.64. The second-order valence-electron chi connectivity index (χ2n) is 5.37. The van der Waals surface area contributed by atoms with Gasteiger partial charge in [-0.05, 0) is 31.2 Å². The van der Waals surface area contributed by atoms with Crippen molar-refractivity contribution in [2.75, 3.05) is 13.1 Å². The van der Waals surface area contributed by atoms with Crippen LogP contribution in [0.5, 0.6) is 0 Å². The minimum Gasteiger partial charge on any atom is -0.480 e. The van der Waals surface area contributed by atoms with Gasteiger partial charge in [-0.1, -0.05) is 27.2 Å². The molecule has 1 rings (SSSR count). The van der Waals surface area contributed by atoms with Crippen molar-refractivity contribution in [1.29, 1.82) is 0 Å². The molecule has 0 aromatic heterocycles. The molecule has 3 nitrogen and oxygen atoms in total. The van der Waals surface area contributed by atoms with E-state index in [1.807, 2.05) is 6.92 Å². The van der Waals surface area contributed by atoms with Crippen LogP contribution >= 0.6 is 0 Å². The van der Waals surface area contributed by atoms with Crippen LogP contribution in [0.2, 0.25) is 0 Å². The van der Waals surface area contributed by atoms with Crippen LogP contribution in [0.15, 0.2) is 0 Å². The lowest BCUT2D eigenvalue weighted by Crippen LogP contribution is -2.43. The van der Waals surface area contributed by atoms with Crippen LogP contribution in [-0.4, -0.2) is 35.1 Å². The van der Waals surface area contributed by atoms with Crippen molar-refractivity contribution in [2.45, 2.75) is 52.5 Å². The summed E-state index contributed by atoms with van der Waals surface area (Å²) in [6, 6.07) is 0.467. The molecule has 1 aliphatic rings. The van der Waals surface area contributed by atoms with Crippen LogP contribution < -0.4 is 0 Å². The third-order valence-corrected chi connectivity index (χ3v) is 3.44. The van der Waals surface area contributed by atoms with Crippen molar-refractivity contribution in [3.8, 4) is 0 Å². The van der Waals surface area contributed by atoms with E-state index in [1.165, 1.54) is 12.8 Å². The minimum atomic E-state index is -0.708. The van der Waals surface area contributed by atoms with Gasteiger partial charge in [0.15, 0.2) is 0 Å². The largest absolute Gasteiger partial charge is 0.480 e. The van der Waals surface area contributed by atoms with Gasteiger partial charge in [-0.3, -0.25) is 9.69 Å². The zero-order chi connectivity index (χ0) is 11.5. The van der Waals surface area contributed by atoms with Crippen molar-refractivity contribution >= 4 is 5.97 Å². The Labute approximate surface area is 92.5 Å². The number of carbonyl (C=O) groups is 1. The first-order chi connectivity index (χ1) is 6.94. The molecule has 0 saturated heterocycles. The van der Waals surface area contributed by atoms with E-state index in [0.29, 0.717) is 11.5 Å². The van der Waals surface area contributed by atoms with Crippen molar-refractivity contribution in [3.05, 3.63) is 0 Å². The lowest BCUT2D eigenvalue weighted by molar-refractivity contribution is -0.139. The predicted molar refractivity (Wildman–Crippen MR) is 60.9 cm³/mol. The van der Waals surface area contributed by atoms with Gasteiger partial charge >= 0.3 is 5.97 Å². The van der Waals surface area contributed by atoms with Crippen LogP contribution in [0.4, 0.5) is 0 Å². The van der Waals surface area contributed by atoms with Crippen LogP contribution in [-0.2, 0) is 4.79 Å². The molecule has 0 heterocycles. The maximum atomic E-state index is 10.7. The summed E-state index contributed by atoms with van der Waals surface area (Å²) in [5.41, 5.74) is 0.384. The van der Waals surface area contributed by atoms with Gasteiger partial charge in [0.1, 0.15) is 0 Å². The topological polar surface area (TPSA) is 40.5 Å². The molecule has 0 amide bonds. The van der Waals surface area contributed by atoms with E-state index in [1.54, 1.807) is 0 Å². The Morgan fingerprint density at radius 2 is 2.20 bits per heavy atom. The fraction of sp³-hybridized carbons (Fsp3) is 0.917. The lowest BCUT2D eigenvalue weighted by Gasteiger charge is -2.40. The molecule has 0 bridgehead atoms. The van der Waals surface area contributed by atoms with E-state index >= 15 is 0 Å². The Morgan fingerprint density at radius 3 is 2.67 bits per heavy atom. The highest BCUT2D eigenvalue weighted by atomic mass is 16.4. The van der Waals surface area contributed by atoms with E-state index in [9.17, 15) is 4.79 Å². The number of aliphatic carboxylic acids is 1. The van der Waals surface area contributed by atoms with E-state index in [-0.39, 0.29) is 6.54 Å². The molecule has 0 radical (unpaired) electrons. The molecule has 0 spiro atoms. The molecule has 1 atom stereocenters. The number of rotatable bonds is 4. The van der Waals surface area contributed by atoms with Gasteiger partial charge in [0.05, 0.1) is 6.54 Å². The molecule has 3 heteroatoms. The third-order valence-electron chi connectivity index (χ3n) is 3.44. The van der Waals surface area contributed by atoms with Crippen LogP contribution in [0.25, 0.3) is 0 Å². The number of likely N-dealkylation sites (N-methyl/N-ethyl adjacent to an activating group) is 1. The van der Waals surface area contributed by atoms with Crippen LogP contribution in [0.3, 0.4) is 0 Å². The van der Waals surface area contributed by atoms with Crippen molar-refractivity contribution in [1.82, 2.24) is 4.90 Å². The zero-order valence-corrected chi connectivity index (χ0v) is 10.1. The molecule has 0 aromatic carbocycles. The number of carboxylic acid groups (broad SMARTS) is 1. The van der Waals surface area contributed by atoms with Gasteiger partial charge < -0.3 is 5.11 Å². The summed E-state index contributed by atoms with van der Waals surface area (Å²) < 4.78 is 0. The van der Waals surface area contributed by atoms with E-state index in [0.717, 1.165) is 19.4 Å². The SMILES string of the molecule is CCN(CC(=O)O)C1CCCC(C)(C)C1. The molecule has 1 fully saturated rings. The smallest absolute Gasteiger partial charge is 0.317 e. The first-order valence-corrected chi connectivity index (χ1v) is 5.90. The molecule has 1 aliphatic carbocycles. The van der Waals surface area contributed by atoms with E-state index in [2.05, 4.69) is 18.7 Å². The van der Waals surface area contributed by atoms with Gasteiger partial charge in [-0.15, -0.1) is 0 Å². The van der Waals surface area contributed by atoms with Gasteiger partial charge in [0.25, 0.3) is 0 Å². The Balaban J connectivity index is 2.56. The highest BCUT2D eigenvalue weighted by Crippen LogP contribution is 2.37. The van der Waals surface area contributed by atoms with Crippen molar-refractivity contribution in [3.63, 3.8) is 0 Å². The quantitative estimate of drug-likeness (QED) is 0.779. The minimum absolute atomic E-state index is 0.192. The number of hydrogen-bond donors (Lipinski definition) is 1. The summed E-state index contributed by atoms with van der Waals surface area (Å²) in [4.78, 5) is 12.8. The molecule has 15 heavy (non-hydrogen) atoms. The lowest BCUT2D eigenvalue weighted by atomic mass is 9.74. The average molecular weight is 213 g/mol. The maximum Gasteiger partial charge on any atom is 0.317 e. The summed E-state index contributed by atoms with van der Waals surface area (Å²) in [6.45, 7) is 7.65. The normalized spacial score (nSPS) is 25.5. The highest BCUT2D eigenvalue weighted by molar-refractivity contribution is 5.69. The standard InChI is InChI=1S/C12H23NO2/c1-4-13(9-11(14)15)10-6-5-7-12(2,3)8-10/h10H,4-9H2,1-3H3,(H,14,15). The van der Waals surface area contributed by atoms with E-state index in [4.69, 9.17) is 5.11 Å². The fourth-order valence-electron chi connectivity index (χ4n) is 2.64. The first-order valence-electron chi connectivity index (χ1n) is 5.90. The Morgan fingerprint density at radius 1 is 1.53 bits per heavy atom. The predicted octanol–water partition coefficient (Wildman–Crippen LogP) is 2.36. The van der Waals surface area contributed by atoms with Crippen molar-refractivity contribution < 1.29 is 9.90 Å². The highest BCUT2D eigenvalue weighted by Gasteiger charge is 2.31. The Kier molecular flexibility index (Phi) is 4.14. The van der Waals surface area contributed by atoms with Crippen LogP contribution in [0.1, 0.15) is 46.5 Å². The molecular formula is C12H23NO2. The first kappa shape index (κ1) is 12.5.